The van der Waals surface area contributed by atoms with E-state index in [-0.39, 0.29) is 11.2 Å². The van der Waals surface area contributed by atoms with Crippen molar-refractivity contribution in [1.29, 1.82) is 0 Å². The summed E-state index contributed by atoms with van der Waals surface area (Å²) >= 11 is 7.50. The first-order valence-corrected chi connectivity index (χ1v) is 9.44. The van der Waals surface area contributed by atoms with E-state index >= 15 is 0 Å². The van der Waals surface area contributed by atoms with Crippen LogP contribution in [0, 0.1) is 0 Å². The number of carbonyl (C=O) groups excluding carboxylic acids is 1. The Hall–Kier alpha value is -2.31. The van der Waals surface area contributed by atoms with Crippen LogP contribution in [0.1, 0.15) is 12.5 Å². The van der Waals surface area contributed by atoms with Crippen molar-refractivity contribution < 1.29 is 4.79 Å². The van der Waals surface area contributed by atoms with Gasteiger partial charge in [0.05, 0.1) is 5.25 Å². The molecule has 0 fully saturated rings. The lowest BCUT2D eigenvalue weighted by atomic mass is 10.2. The zero-order chi connectivity index (χ0) is 18.5. The van der Waals surface area contributed by atoms with E-state index in [1.165, 1.54) is 11.8 Å². The van der Waals surface area contributed by atoms with Gasteiger partial charge in [0.2, 0.25) is 5.91 Å². The highest BCUT2D eigenvalue weighted by molar-refractivity contribution is 8.00. The van der Waals surface area contributed by atoms with Gasteiger partial charge in [-0.2, -0.15) is 0 Å². The van der Waals surface area contributed by atoms with Gasteiger partial charge in [-0.25, -0.2) is 0 Å². The van der Waals surface area contributed by atoms with Crippen molar-refractivity contribution in [1.82, 2.24) is 20.1 Å². The van der Waals surface area contributed by atoms with E-state index in [0.717, 1.165) is 17.0 Å². The van der Waals surface area contributed by atoms with E-state index in [2.05, 4.69) is 15.5 Å². The fourth-order valence-electron chi connectivity index (χ4n) is 2.44. The molecule has 0 aliphatic rings. The number of benzene rings is 2. The monoisotopic (exact) mass is 386 g/mol. The largest absolute Gasteiger partial charge is 0.351 e. The normalized spacial score (nSPS) is 12.0. The Labute approximate surface area is 161 Å². The number of carbonyl (C=O) groups is 1. The van der Waals surface area contributed by atoms with E-state index in [9.17, 15) is 4.79 Å². The maximum Gasteiger partial charge on any atom is 0.233 e. The Balaban J connectivity index is 1.63. The van der Waals surface area contributed by atoms with Crippen LogP contribution < -0.4 is 5.32 Å². The molecule has 0 unspecified atom stereocenters. The van der Waals surface area contributed by atoms with Crippen molar-refractivity contribution in [2.24, 2.45) is 7.05 Å². The molecule has 0 saturated heterocycles. The molecule has 7 heteroatoms. The summed E-state index contributed by atoms with van der Waals surface area (Å²) in [6.07, 6.45) is 0. The minimum absolute atomic E-state index is 0.0702. The van der Waals surface area contributed by atoms with Crippen molar-refractivity contribution in [2.45, 2.75) is 23.9 Å². The van der Waals surface area contributed by atoms with Gasteiger partial charge in [0.15, 0.2) is 11.0 Å². The summed E-state index contributed by atoms with van der Waals surface area (Å²) in [5.74, 6) is 0.705. The molecule has 5 nitrogen and oxygen atoms in total. The third kappa shape index (κ3) is 4.26. The minimum Gasteiger partial charge on any atom is -0.351 e. The number of thioether (sulfide) groups is 1. The van der Waals surface area contributed by atoms with E-state index in [4.69, 9.17) is 11.6 Å². The third-order valence-corrected chi connectivity index (χ3v) is 5.43. The lowest BCUT2D eigenvalue weighted by Gasteiger charge is -2.12. The number of nitrogens with one attached hydrogen (secondary N) is 1. The number of halogens is 1. The first kappa shape index (κ1) is 18.5. The van der Waals surface area contributed by atoms with Gasteiger partial charge in [0, 0.05) is 24.2 Å². The first-order valence-electron chi connectivity index (χ1n) is 8.19. The topological polar surface area (TPSA) is 59.8 Å². The average Bonchev–Trinajstić information content (AvgIpc) is 3.02. The zero-order valence-corrected chi connectivity index (χ0v) is 16.1. The van der Waals surface area contributed by atoms with Crippen molar-refractivity contribution in [3.63, 3.8) is 0 Å². The Morgan fingerprint density at radius 1 is 1.15 bits per heavy atom. The minimum atomic E-state index is -0.302. The van der Waals surface area contributed by atoms with E-state index in [0.29, 0.717) is 16.7 Å². The highest BCUT2D eigenvalue weighted by atomic mass is 35.5. The molecule has 0 aliphatic carbocycles. The lowest BCUT2D eigenvalue weighted by Crippen LogP contribution is -2.30. The molecule has 1 heterocycles. The smallest absolute Gasteiger partial charge is 0.233 e. The molecule has 1 atom stereocenters. The Bertz CT molecular complexity index is 898. The second-order valence-electron chi connectivity index (χ2n) is 5.80. The summed E-state index contributed by atoms with van der Waals surface area (Å²) in [5.41, 5.74) is 1.88. The van der Waals surface area contributed by atoms with Gasteiger partial charge in [-0.05, 0) is 18.6 Å². The molecule has 0 spiro atoms. The van der Waals surface area contributed by atoms with Crippen molar-refractivity contribution in [3.05, 3.63) is 65.2 Å². The number of nitrogens with zero attached hydrogens (tertiary/aromatic N) is 3. The molecule has 1 N–H and O–H groups in total. The predicted molar refractivity (Wildman–Crippen MR) is 105 cm³/mol. The molecule has 3 aromatic rings. The van der Waals surface area contributed by atoms with Gasteiger partial charge < -0.3 is 9.88 Å². The molecule has 0 radical (unpaired) electrons. The second-order valence-corrected chi connectivity index (χ2v) is 7.52. The number of rotatable bonds is 6. The molecule has 0 saturated carbocycles. The average molecular weight is 387 g/mol. The van der Waals surface area contributed by atoms with E-state index < -0.39 is 0 Å². The van der Waals surface area contributed by atoms with Gasteiger partial charge in [-0.3, -0.25) is 4.79 Å². The summed E-state index contributed by atoms with van der Waals surface area (Å²) in [6, 6.07) is 17.3. The molecule has 134 valence electrons. The van der Waals surface area contributed by atoms with Crippen LogP contribution in [0.5, 0.6) is 0 Å². The van der Waals surface area contributed by atoms with Crippen LogP contribution >= 0.6 is 23.4 Å². The standard InChI is InChI=1S/C19H19ClN4OS/c1-13(18(25)21-12-15-10-6-7-11-16(15)20)26-19-23-22-17(24(19)2)14-8-4-3-5-9-14/h3-11,13H,12H2,1-2H3,(H,21,25)/t13-/m0/s1. The van der Waals surface area contributed by atoms with Gasteiger partial charge in [0.25, 0.3) is 0 Å². The molecule has 1 aromatic heterocycles. The molecule has 2 aromatic carbocycles. The molecular weight excluding hydrogens is 368 g/mol. The van der Waals surface area contributed by atoms with Crippen molar-refractivity contribution in [3.8, 4) is 11.4 Å². The number of aromatic nitrogens is 3. The summed E-state index contributed by atoms with van der Waals surface area (Å²) in [7, 11) is 1.90. The van der Waals surface area contributed by atoms with Crippen LogP contribution in [0.15, 0.2) is 59.8 Å². The van der Waals surface area contributed by atoms with Gasteiger partial charge in [0.1, 0.15) is 0 Å². The summed E-state index contributed by atoms with van der Waals surface area (Å²) < 4.78 is 1.90. The Kier molecular flexibility index (Phi) is 5.96. The summed E-state index contributed by atoms with van der Waals surface area (Å²) in [5, 5.41) is 12.4. The van der Waals surface area contributed by atoms with Gasteiger partial charge in [-0.15, -0.1) is 10.2 Å². The predicted octanol–water partition coefficient (Wildman–Crippen LogP) is 3.93. The van der Waals surface area contributed by atoms with E-state index in [1.807, 2.05) is 73.1 Å². The second kappa shape index (κ2) is 8.38. The van der Waals surface area contributed by atoms with Gasteiger partial charge >= 0.3 is 0 Å². The number of hydrogen-bond acceptors (Lipinski definition) is 4. The van der Waals surface area contributed by atoms with Crippen LogP contribution in [0.25, 0.3) is 11.4 Å². The number of amides is 1. The quantitative estimate of drug-likeness (QED) is 0.652. The van der Waals surface area contributed by atoms with E-state index in [1.54, 1.807) is 0 Å². The third-order valence-electron chi connectivity index (χ3n) is 3.93. The molecule has 26 heavy (non-hydrogen) atoms. The molecule has 1 amide bonds. The number of hydrogen-bond donors (Lipinski definition) is 1. The molecule has 3 rings (SSSR count). The maximum absolute atomic E-state index is 12.4. The lowest BCUT2D eigenvalue weighted by molar-refractivity contribution is -0.120. The first-order chi connectivity index (χ1) is 12.6. The summed E-state index contributed by atoms with van der Waals surface area (Å²) in [4.78, 5) is 12.4. The van der Waals surface area contributed by atoms with Crippen LogP contribution in [-0.4, -0.2) is 25.9 Å². The Morgan fingerprint density at radius 2 is 1.85 bits per heavy atom. The van der Waals surface area contributed by atoms with Crippen molar-refractivity contribution in [2.75, 3.05) is 0 Å². The zero-order valence-electron chi connectivity index (χ0n) is 14.5. The summed E-state index contributed by atoms with van der Waals surface area (Å²) in [6.45, 7) is 2.25. The Morgan fingerprint density at radius 3 is 2.58 bits per heavy atom. The van der Waals surface area contributed by atoms with Crippen LogP contribution in [0.2, 0.25) is 5.02 Å². The molecule has 0 bridgehead atoms. The molecule has 0 aliphatic heterocycles. The van der Waals surface area contributed by atoms with Crippen molar-refractivity contribution >= 4 is 29.3 Å². The molecular formula is C19H19ClN4OS. The van der Waals surface area contributed by atoms with Crippen LogP contribution in [0.3, 0.4) is 0 Å². The highest BCUT2D eigenvalue weighted by Gasteiger charge is 2.19. The maximum atomic E-state index is 12.4. The fourth-order valence-corrected chi connectivity index (χ4v) is 3.48. The van der Waals surface area contributed by atoms with Gasteiger partial charge in [-0.1, -0.05) is 71.9 Å². The van der Waals surface area contributed by atoms with Crippen LogP contribution in [0.4, 0.5) is 0 Å². The fraction of sp³-hybridized carbons (Fsp3) is 0.211. The SMILES string of the molecule is C[C@H](Sc1nnc(-c2ccccc2)n1C)C(=O)NCc1ccccc1Cl. The van der Waals surface area contributed by atoms with Crippen LogP contribution in [-0.2, 0) is 18.4 Å². The highest BCUT2D eigenvalue weighted by Crippen LogP contribution is 2.25.